The highest BCUT2D eigenvalue weighted by Gasteiger charge is 2.08. The number of carboxylic acids is 1. The van der Waals surface area contributed by atoms with Crippen molar-refractivity contribution in [3.05, 3.63) is 52.0 Å². The second-order valence-corrected chi connectivity index (χ2v) is 5.11. The molecule has 2 aromatic rings. The van der Waals surface area contributed by atoms with Crippen LogP contribution in [0.1, 0.15) is 15.9 Å². The van der Waals surface area contributed by atoms with E-state index in [0.717, 1.165) is 15.7 Å². The molecular formula is C14H13BrN2O2. The maximum absolute atomic E-state index is 11.0. The lowest BCUT2D eigenvalue weighted by Gasteiger charge is -2.13. The molecule has 0 spiro atoms. The Morgan fingerprint density at radius 1 is 1.21 bits per heavy atom. The molecule has 0 radical (unpaired) electrons. The van der Waals surface area contributed by atoms with E-state index in [1.54, 1.807) is 6.07 Å². The monoisotopic (exact) mass is 320 g/mol. The first-order valence-corrected chi connectivity index (χ1v) is 6.42. The summed E-state index contributed by atoms with van der Waals surface area (Å²) in [5.74, 6) is -0.978. The van der Waals surface area contributed by atoms with Crippen molar-refractivity contribution in [1.82, 2.24) is 0 Å². The first-order chi connectivity index (χ1) is 8.97. The van der Waals surface area contributed by atoms with E-state index in [1.165, 1.54) is 12.1 Å². The first kappa shape index (κ1) is 13.4. The SMILES string of the molecule is Cc1ccc(Br)cc1Nc1cc(C(=O)O)ccc1N. The van der Waals surface area contributed by atoms with Crippen LogP contribution < -0.4 is 11.1 Å². The zero-order valence-corrected chi connectivity index (χ0v) is 11.9. The van der Waals surface area contributed by atoms with Crippen LogP contribution in [0.25, 0.3) is 0 Å². The molecule has 0 aliphatic rings. The van der Waals surface area contributed by atoms with Gasteiger partial charge in [0.1, 0.15) is 0 Å². The van der Waals surface area contributed by atoms with Crippen LogP contribution in [0.2, 0.25) is 0 Å². The molecule has 0 heterocycles. The number of nitrogen functional groups attached to an aromatic ring is 1. The molecule has 0 aliphatic heterocycles. The fourth-order valence-electron chi connectivity index (χ4n) is 1.67. The zero-order valence-electron chi connectivity index (χ0n) is 10.3. The van der Waals surface area contributed by atoms with Crippen LogP contribution in [0.5, 0.6) is 0 Å². The summed E-state index contributed by atoms with van der Waals surface area (Å²) in [7, 11) is 0. The predicted molar refractivity (Wildman–Crippen MR) is 80.0 cm³/mol. The van der Waals surface area contributed by atoms with Gasteiger partial charge < -0.3 is 16.2 Å². The Labute approximate surface area is 119 Å². The number of halogens is 1. The Morgan fingerprint density at radius 3 is 2.63 bits per heavy atom. The smallest absolute Gasteiger partial charge is 0.335 e. The average Bonchev–Trinajstić information content (AvgIpc) is 2.36. The third-order valence-corrected chi connectivity index (χ3v) is 3.26. The lowest BCUT2D eigenvalue weighted by molar-refractivity contribution is 0.0697. The standard InChI is InChI=1S/C14H13BrN2O2/c1-8-2-4-10(15)7-12(8)17-13-6-9(14(18)19)3-5-11(13)16/h2-7,17H,16H2,1H3,(H,18,19). The van der Waals surface area contributed by atoms with Gasteiger partial charge in [-0.3, -0.25) is 0 Å². The molecule has 0 saturated heterocycles. The van der Waals surface area contributed by atoms with Gasteiger partial charge in [0.15, 0.2) is 0 Å². The number of nitrogens with one attached hydrogen (secondary N) is 1. The summed E-state index contributed by atoms with van der Waals surface area (Å²) < 4.78 is 0.938. The molecule has 0 saturated carbocycles. The van der Waals surface area contributed by atoms with Crippen LogP contribution in [-0.4, -0.2) is 11.1 Å². The van der Waals surface area contributed by atoms with Gasteiger partial charge in [0.05, 0.1) is 16.9 Å². The van der Waals surface area contributed by atoms with Gasteiger partial charge in [-0.25, -0.2) is 4.79 Å². The maximum atomic E-state index is 11.0. The molecule has 0 aliphatic carbocycles. The van der Waals surface area contributed by atoms with E-state index >= 15 is 0 Å². The minimum Gasteiger partial charge on any atom is -0.478 e. The molecule has 98 valence electrons. The number of aromatic carboxylic acids is 1. The van der Waals surface area contributed by atoms with Crippen molar-refractivity contribution in [3.8, 4) is 0 Å². The normalized spacial score (nSPS) is 10.2. The Bertz CT molecular complexity index is 641. The maximum Gasteiger partial charge on any atom is 0.335 e. The molecule has 0 unspecified atom stereocenters. The third kappa shape index (κ3) is 3.06. The molecule has 0 fully saturated rings. The van der Waals surface area contributed by atoms with Crippen molar-refractivity contribution < 1.29 is 9.90 Å². The number of rotatable bonds is 3. The van der Waals surface area contributed by atoms with E-state index < -0.39 is 5.97 Å². The molecular weight excluding hydrogens is 308 g/mol. The number of aryl methyl sites for hydroxylation is 1. The van der Waals surface area contributed by atoms with Crippen LogP contribution in [-0.2, 0) is 0 Å². The first-order valence-electron chi connectivity index (χ1n) is 5.63. The summed E-state index contributed by atoms with van der Waals surface area (Å²) in [4.78, 5) is 11.0. The van der Waals surface area contributed by atoms with E-state index in [0.29, 0.717) is 11.4 Å². The van der Waals surface area contributed by atoms with Crippen molar-refractivity contribution in [3.63, 3.8) is 0 Å². The van der Waals surface area contributed by atoms with Gasteiger partial charge in [-0.1, -0.05) is 22.0 Å². The van der Waals surface area contributed by atoms with Crippen molar-refractivity contribution in [1.29, 1.82) is 0 Å². The van der Waals surface area contributed by atoms with Gasteiger partial charge in [0.2, 0.25) is 0 Å². The van der Waals surface area contributed by atoms with Crippen LogP contribution in [0, 0.1) is 6.92 Å². The molecule has 2 aromatic carbocycles. The molecule has 0 amide bonds. The molecule has 19 heavy (non-hydrogen) atoms. The van der Waals surface area contributed by atoms with Gasteiger partial charge in [-0.05, 0) is 42.8 Å². The lowest BCUT2D eigenvalue weighted by Crippen LogP contribution is -2.02. The molecule has 2 rings (SSSR count). The van der Waals surface area contributed by atoms with Gasteiger partial charge >= 0.3 is 5.97 Å². The lowest BCUT2D eigenvalue weighted by atomic mass is 10.1. The van der Waals surface area contributed by atoms with Crippen LogP contribution in [0.4, 0.5) is 17.1 Å². The van der Waals surface area contributed by atoms with E-state index in [4.69, 9.17) is 10.8 Å². The van der Waals surface area contributed by atoms with E-state index in [9.17, 15) is 4.79 Å². The highest BCUT2D eigenvalue weighted by molar-refractivity contribution is 9.10. The van der Waals surface area contributed by atoms with E-state index in [2.05, 4.69) is 21.2 Å². The van der Waals surface area contributed by atoms with E-state index in [-0.39, 0.29) is 5.56 Å². The van der Waals surface area contributed by atoms with Gasteiger partial charge in [-0.2, -0.15) is 0 Å². The summed E-state index contributed by atoms with van der Waals surface area (Å²) in [6.07, 6.45) is 0. The summed E-state index contributed by atoms with van der Waals surface area (Å²) in [5.41, 5.74) is 9.07. The van der Waals surface area contributed by atoms with Crippen LogP contribution in [0.15, 0.2) is 40.9 Å². The van der Waals surface area contributed by atoms with Crippen molar-refractivity contribution in [2.45, 2.75) is 6.92 Å². The van der Waals surface area contributed by atoms with Crippen molar-refractivity contribution >= 4 is 39.0 Å². The van der Waals surface area contributed by atoms with E-state index in [1.807, 2.05) is 25.1 Å². The second kappa shape index (κ2) is 5.32. The fourth-order valence-corrected chi connectivity index (χ4v) is 2.03. The summed E-state index contributed by atoms with van der Waals surface area (Å²) in [6.45, 7) is 1.96. The Morgan fingerprint density at radius 2 is 1.95 bits per heavy atom. The highest BCUT2D eigenvalue weighted by atomic mass is 79.9. The quantitative estimate of drug-likeness (QED) is 0.752. The largest absolute Gasteiger partial charge is 0.478 e. The van der Waals surface area contributed by atoms with Crippen LogP contribution in [0.3, 0.4) is 0 Å². The molecule has 0 bridgehead atoms. The number of hydrogen-bond donors (Lipinski definition) is 3. The topological polar surface area (TPSA) is 75.3 Å². The average molecular weight is 321 g/mol. The predicted octanol–water partition coefficient (Wildman–Crippen LogP) is 3.78. The minimum atomic E-state index is -0.978. The minimum absolute atomic E-state index is 0.198. The number of carbonyl (C=O) groups is 1. The van der Waals surface area contributed by atoms with Crippen molar-refractivity contribution in [2.75, 3.05) is 11.1 Å². The van der Waals surface area contributed by atoms with Crippen LogP contribution >= 0.6 is 15.9 Å². The number of nitrogens with two attached hydrogens (primary N) is 1. The Hall–Kier alpha value is -2.01. The number of benzene rings is 2. The highest BCUT2D eigenvalue weighted by Crippen LogP contribution is 2.28. The molecule has 4 N–H and O–H groups in total. The Kier molecular flexibility index (Phi) is 3.76. The second-order valence-electron chi connectivity index (χ2n) is 4.19. The summed E-state index contributed by atoms with van der Waals surface area (Å²) in [6, 6.07) is 10.4. The van der Waals surface area contributed by atoms with Gasteiger partial charge in [0, 0.05) is 10.2 Å². The summed E-state index contributed by atoms with van der Waals surface area (Å²) in [5, 5.41) is 12.1. The van der Waals surface area contributed by atoms with Gasteiger partial charge in [0.25, 0.3) is 0 Å². The van der Waals surface area contributed by atoms with Crippen molar-refractivity contribution in [2.24, 2.45) is 0 Å². The number of hydrogen-bond acceptors (Lipinski definition) is 3. The number of carboxylic acid groups (broad SMARTS) is 1. The zero-order chi connectivity index (χ0) is 14.0. The fraction of sp³-hybridized carbons (Fsp3) is 0.0714. The molecule has 0 aromatic heterocycles. The third-order valence-electron chi connectivity index (χ3n) is 2.77. The summed E-state index contributed by atoms with van der Waals surface area (Å²) >= 11 is 3.40. The molecule has 5 heteroatoms. The number of anilines is 3. The van der Waals surface area contributed by atoms with Gasteiger partial charge in [-0.15, -0.1) is 0 Å². The Balaban J connectivity index is 2.40. The molecule has 4 nitrogen and oxygen atoms in total. The molecule has 0 atom stereocenters.